The normalized spacial score (nSPS) is 11.8. The molecular formula is C9H17FO2. The molecule has 0 aliphatic rings. The summed E-state index contributed by atoms with van der Waals surface area (Å²) in [6.45, 7) is 6.46. The highest BCUT2D eigenvalue weighted by Crippen LogP contribution is 2.21. The first-order valence-corrected chi connectivity index (χ1v) is 4.13. The number of carbonyl (C=O) groups excluding carboxylic acids is 1. The van der Waals surface area contributed by atoms with Crippen LogP contribution in [0.3, 0.4) is 0 Å². The van der Waals surface area contributed by atoms with Crippen molar-refractivity contribution in [2.45, 2.75) is 40.2 Å². The zero-order valence-corrected chi connectivity index (χ0v) is 8.19. The molecule has 72 valence electrons. The van der Waals surface area contributed by atoms with Crippen molar-refractivity contribution in [3.05, 3.63) is 0 Å². The molecule has 0 aromatic carbocycles. The van der Waals surface area contributed by atoms with Crippen molar-refractivity contribution in [3.8, 4) is 0 Å². The van der Waals surface area contributed by atoms with E-state index in [0.717, 1.165) is 0 Å². The van der Waals surface area contributed by atoms with E-state index in [9.17, 15) is 9.18 Å². The Morgan fingerprint density at radius 2 is 2.00 bits per heavy atom. The third-order valence-corrected chi connectivity index (χ3v) is 1.35. The van der Waals surface area contributed by atoms with E-state index in [1.54, 1.807) is 27.7 Å². The Morgan fingerprint density at radius 1 is 1.50 bits per heavy atom. The van der Waals surface area contributed by atoms with E-state index in [1.807, 2.05) is 0 Å². The van der Waals surface area contributed by atoms with Crippen LogP contribution in [0.4, 0.5) is 4.39 Å². The summed E-state index contributed by atoms with van der Waals surface area (Å²) in [6.07, 6.45) is 0.0229. The molecule has 0 unspecified atom stereocenters. The lowest BCUT2D eigenvalue weighted by Crippen LogP contribution is -2.22. The molecule has 0 spiro atoms. The predicted octanol–water partition coefficient (Wildman–Crippen LogP) is 2.32. The minimum atomic E-state index is -0.591. The molecular weight excluding hydrogens is 159 g/mol. The smallest absolute Gasteiger partial charge is 0.306 e. The summed E-state index contributed by atoms with van der Waals surface area (Å²) in [4.78, 5) is 11.0. The number of carbonyl (C=O) groups is 1. The first-order valence-electron chi connectivity index (χ1n) is 4.13. The van der Waals surface area contributed by atoms with E-state index in [-0.39, 0.29) is 18.5 Å². The zero-order valence-electron chi connectivity index (χ0n) is 8.19. The molecule has 0 aromatic rings. The number of halogens is 1. The lowest BCUT2D eigenvalue weighted by atomic mass is 9.91. The molecule has 0 aliphatic carbocycles. The Kier molecular flexibility index (Phi) is 4.21. The second-order valence-electron chi connectivity index (χ2n) is 4.01. The van der Waals surface area contributed by atoms with Gasteiger partial charge in [0.15, 0.2) is 0 Å². The monoisotopic (exact) mass is 176 g/mol. The number of alkyl halides is 1. The topological polar surface area (TPSA) is 26.3 Å². The average molecular weight is 176 g/mol. The fourth-order valence-corrected chi connectivity index (χ4v) is 0.743. The van der Waals surface area contributed by atoms with Gasteiger partial charge in [0.05, 0.1) is 19.2 Å². The van der Waals surface area contributed by atoms with Gasteiger partial charge in [-0.25, -0.2) is 0 Å². The summed E-state index contributed by atoms with van der Waals surface area (Å²) in [5.74, 6) is -0.326. The van der Waals surface area contributed by atoms with E-state index in [2.05, 4.69) is 0 Å². The van der Waals surface area contributed by atoms with Crippen LogP contribution in [0.25, 0.3) is 0 Å². The third-order valence-electron chi connectivity index (χ3n) is 1.35. The molecule has 0 saturated heterocycles. The van der Waals surface area contributed by atoms with Gasteiger partial charge in [-0.2, -0.15) is 0 Å². The molecule has 12 heavy (non-hydrogen) atoms. The fourth-order valence-electron chi connectivity index (χ4n) is 0.743. The maximum atomic E-state index is 12.3. The molecule has 0 heterocycles. The first-order chi connectivity index (χ1) is 5.37. The molecule has 0 amide bonds. The van der Waals surface area contributed by atoms with E-state index < -0.39 is 12.1 Å². The summed E-state index contributed by atoms with van der Waals surface area (Å²) in [7, 11) is 0. The highest BCUT2D eigenvalue weighted by Gasteiger charge is 2.23. The third kappa shape index (κ3) is 5.10. The number of hydrogen-bond donors (Lipinski definition) is 0. The van der Waals surface area contributed by atoms with Gasteiger partial charge in [-0.3, -0.25) is 9.18 Å². The first kappa shape index (κ1) is 11.4. The van der Waals surface area contributed by atoms with Crippen LogP contribution >= 0.6 is 0 Å². The maximum absolute atomic E-state index is 12.3. The zero-order chi connectivity index (χ0) is 9.78. The molecule has 0 atom stereocenters. The Hall–Kier alpha value is -0.600. The number of ether oxygens (including phenoxy) is 1. The summed E-state index contributed by atoms with van der Waals surface area (Å²) in [6, 6.07) is 0. The molecule has 3 heteroatoms. The molecule has 0 bridgehead atoms. The fraction of sp³-hybridized carbons (Fsp3) is 0.889. The molecule has 2 nitrogen and oxygen atoms in total. The average Bonchev–Trinajstić information content (AvgIpc) is 1.84. The van der Waals surface area contributed by atoms with Crippen LogP contribution in [0.15, 0.2) is 0 Å². The maximum Gasteiger partial charge on any atom is 0.306 e. The van der Waals surface area contributed by atoms with Crippen molar-refractivity contribution < 1.29 is 13.9 Å². The number of hydrogen-bond acceptors (Lipinski definition) is 2. The molecule has 0 aromatic heterocycles. The van der Waals surface area contributed by atoms with Crippen molar-refractivity contribution in [3.63, 3.8) is 0 Å². The second-order valence-corrected chi connectivity index (χ2v) is 4.01. The van der Waals surface area contributed by atoms with Crippen LogP contribution in [0.2, 0.25) is 0 Å². The van der Waals surface area contributed by atoms with Gasteiger partial charge in [0, 0.05) is 5.41 Å². The van der Waals surface area contributed by atoms with Gasteiger partial charge in [-0.1, -0.05) is 13.8 Å². The lowest BCUT2D eigenvalue weighted by Gasteiger charge is -2.19. The highest BCUT2D eigenvalue weighted by atomic mass is 19.1. The Balaban J connectivity index is 3.84. The van der Waals surface area contributed by atoms with E-state index in [1.165, 1.54) is 0 Å². The number of rotatable bonds is 4. The second kappa shape index (κ2) is 4.43. The molecule has 0 radical (unpaired) electrons. The van der Waals surface area contributed by atoms with Crippen molar-refractivity contribution in [1.82, 2.24) is 0 Å². The van der Waals surface area contributed by atoms with E-state index in [4.69, 9.17) is 4.74 Å². The van der Waals surface area contributed by atoms with Gasteiger partial charge in [0.2, 0.25) is 0 Å². The summed E-state index contributed by atoms with van der Waals surface area (Å²) in [5, 5.41) is 0. The minimum absolute atomic E-state index is 0.118. The minimum Gasteiger partial charge on any atom is -0.463 e. The highest BCUT2D eigenvalue weighted by molar-refractivity contribution is 5.70. The molecule has 0 saturated carbocycles. The largest absolute Gasteiger partial charge is 0.463 e. The van der Waals surface area contributed by atoms with Gasteiger partial charge in [0.25, 0.3) is 0 Å². The van der Waals surface area contributed by atoms with Crippen LogP contribution in [-0.4, -0.2) is 18.7 Å². The summed E-state index contributed by atoms with van der Waals surface area (Å²) >= 11 is 0. The lowest BCUT2D eigenvalue weighted by molar-refractivity contribution is -0.150. The van der Waals surface area contributed by atoms with Crippen LogP contribution in [0.1, 0.15) is 34.1 Å². The Bertz CT molecular complexity index is 153. The van der Waals surface area contributed by atoms with Crippen molar-refractivity contribution >= 4 is 5.97 Å². The van der Waals surface area contributed by atoms with Gasteiger partial charge in [-0.05, 0) is 13.8 Å². The Morgan fingerprint density at radius 3 is 2.33 bits per heavy atom. The van der Waals surface area contributed by atoms with Crippen LogP contribution in [0.5, 0.6) is 0 Å². The SMILES string of the molecule is CC(C)OC(=O)CC(C)(C)CF. The summed E-state index contributed by atoms with van der Waals surface area (Å²) < 4.78 is 17.1. The molecule has 0 fully saturated rings. The van der Waals surface area contributed by atoms with Crippen LogP contribution < -0.4 is 0 Å². The Labute approximate surface area is 73.1 Å². The van der Waals surface area contributed by atoms with Gasteiger partial charge in [0.1, 0.15) is 0 Å². The van der Waals surface area contributed by atoms with E-state index >= 15 is 0 Å². The van der Waals surface area contributed by atoms with Crippen LogP contribution in [-0.2, 0) is 9.53 Å². The molecule has 0 aliphatic heterocycles. The van der Waals surface area contributed by atoms with Crippen LogP contribution in [0, 0.1) is 5.41 Å². The van der Waals surface area contributed by atoms with Gasteiger partial charge >= 0.3 is 5.97 Å². The quantitative estimate of drug-likeness (QED) is 0.614. The van der Waals surface area contributed by atoms with Crippen molar-refractivity contribution in [2.24, 2.45) is 5.41 Å². The molecule has 0 N–H and O–H groups in total. The summed E-state index contributed by atoms with van der Waals surface area (Å²) in [5.41, 5.74) is -0.591. The number of esters is 1. The van der Waals surface area contributed by atoms with Crippen molar-refractivity contribution in [1.29, 1.82) is 0 Å². The van der Waals surface area contributed by atoms with Gasteiger partial charge < -0.3 is 4.74 Å². The molecule has 0 rings (SSSR count). The predicted molar refractivity (Wildman–Crippen MR) is 45.6 cm³/mol. The van der Waals surface area contributed by atoms with Crippen molar-refractivity contribution in [2.75, 3.05) is 6.67 Å². The van der Waals surface area contributed by atoms with E-state index in [0.29, 0.717) is 0 Å². The standard InChI is InChI=1S/C9H17FO2/c1-7(2)12-8(11)5-9(3,4)6-10/h7H,5-6H2,1-4H3. The van der Waals surface area contributed by atoms with Gasteiger partial charge in [-0.15, -0.1) is 0 Å².